The van der Waals surface area contributed by atoms with E-state index in [1.807, 2.05) is 35.0 Å². The van der Waals surface area contributed by atoms with Crippen molar-refractivity contribution in [3.05, 3.63) is 83.5 Å². The zero-order chi connectivity index (χ0) is 24.9. The van der Waals surface area contributed by atoms with Crippen LogP contribution in [0.15, 0.2) is 72.9 Å². The van der Waals surface area contributed by atoms with E-state index in [9.17, 15) is 13.2 Å². The summed E-state index contributed by atoms with van der Waals surface area (Å²) in [5.41, 5.74) is 2.56. The summed E-state index contributed by atoms with van der Waals surface area (Å²) in [6.45, 7) is 1.63. The van der Waals surface area contributed by atoms with Crippen molar-refractivity contribution in [2.75, 3.05) is 13.1 Å². The van der Waals surface area contributed by atoms with Crippen molar-refractivity contribution in [3.63, 3.8) is 0 Å². The number of aromatic nitrogens is 3. The van der Waals surface area contributed by atoms with Crippen LogP contribution in [0.1, 0.15) is 24.4 Å². The Balaban J connectivity index is 1.54. The van der Waals surface area contributed by atoms with Gasteiger partial charge in [0, 0.05) is 23.4 Å². The van der Waals surface area contributed by atoms with Gasteiger partial charge in [-0.2, -0.15) is 13.2 Å². The molecule has 0 amide bonds. The number of nitrogens with zero attached hydrogens (tertiary/aromatic N) is 3. The molecule has 0 radical (unpaired) electrons. The van der Waals surface area contributed by atoms with E-state index in [-0.39, 0.29) is 16.6 Å². The van der Waals surface area contributed by atoms with E-state index < -0.39 is 11.7 Å². The molecule has 0 spiro atoms. The molecule has 6 rings (SSSR count). The lowest BCUT2D eigenvalue weighted by Gasteiger charge is -2.26. The monoisotopic (exact) mass is 506 g/mol. The Bertz CT molecular complexity index is 1590. The van der Waals surface area contributed by atoms with Gasteiger partial charge in [0.2, 0.25) is 0 Å². The molecule has 182 valence electrons. The minimum absolute atomic E-state index is 0.0517. The van der Waals surface area contributed by atoms with Crippen molar-refractivity contribution in [3.8, 4) is 22.5 Å². The van der Waals surface area contributed by atoms with Crippen LogP contribution < -0.4 is 5.32 Å². The van der Waals surface area contributed by atoms with Crippen LogP contribution in [0.2, 0.25) is 5.02 Å². The summed E-state index contributed by atoms with van der Waals surface area (Å²) < 4.78 is 42.8. The van der Waals surface area contributed by atoms with Gasteiger partial charge in [-0.25, -0.2) is 9.97 Å². The fraction of sp³-hybridized carbons (Fsp3) is 0.214. The van der Waals surface area contributed by atoms with Crippen molar-refractivity contribution in [1.29, 1.82) is 0 Å². The third kappa shape index (κ3) is 4.02. The molecule has 36 heavy (non-hydrogen) atoms. The molecule has 0 unspecified atom stereocenters. The SMILES string of the molecule is FC(F)(F)c1cccc(-c2nc3cc(-c4ccc5ccccc5c4)cnc3n2C2CCNCC2)c1Cl. The Labute approximate surface area is 210 Å². The first-order chi connectivity index (χ1) is 17.4. The number of hydrogen-bond acceptors (Lipinski definition) is 3. The lowest BCUT2D eigenvalue weighted by atomic mass is 10.0. The number of benzene rings is 3. The molecule has 0 aliphatic carbocycles. The van der Waals surface area contributed by atoms with Gasteiger partial charge in [-0.15, -0.1) is 0 Å². The maximum Gasteiger partial charge on any atom is 0.417 e. The van der Waals surface area contributed by atoms with E-state index in [1.165, 1.54) is 6.07 Å². The average molecular weight is 507 g/mol. The van der Waals surface area contributed by atoms with Crippen LogP contribution in [0.4, 0.5) is 13.2 Å². The zero-order valence-electron chi connectivity index (χ0n) is 19.2. The van der Waals surface area contributed by atoms with Crippen LogP contribution in [-0.2, 0) is 6.18 Å². The normalized spacial score (nSPS) is 15.1. The second-order valence-electron chi connectivity index (χ2n) is 9.08. The number of rotatable bonds is 3. The predicted octanol–water partition coefficient (Wildman–Crippen LogP) is 7.52. The number of alkyl halides is 3. The van der Waals surface area contributed by atoms with Crippen molar-refractivity contribution >= 4 is 33.5 Å². The van der Waals surface area contributed by atoms with E-state index in [4.69, 9.17) is 21.6 Å². The van der Waals surface area contributed by atoms with Gasteiger partial charge in [-0.3, -0.25) is 0 Å². The van der Waals surface area contributed by atoms with Gasteiger partial charge < -0.3 is 9.88 Å². The molecule has 0 saturated carbocycles. The molecule has 0 atom stereocenters. The molecule has 1 fully saturated rings. The molecule has 8 heteroatoms. The number of halogens is 4. The first-order valence-electron chi connectivity index (χ1n) is 11.8. The Hall–Kier alpha value is -3.42. The first kappa shape index (κ1) is 23.0. The van der Waals surface area contributed by atoms with Gasteiger partial charge in [0.25, 0.3) is 0 Å². The fourth-order valence-corrected chi connectivity index (χ4v) is 5.35. The number of fused-ring (bicyclic) bond motifs is 2. The zero-order valence-corrected chi connectivity index (χ0v) is 19.9. The summed E-state index contributed by atoms with van der Waals surface area (Å²) in [6, 6.07) is 20.3. The third-order valence-electron chi connectivity index (χ3n) is 6.83. The molecule has 0 bridgehead atoms. The third-order valence-corrected chi connectivity index (χ3v) is 7.24. The predicted molar refractivity (Wildman–Crippen MR) is 137 cm³/mol. The van der Waals surface area contributed by atoms with Crippen LogP contribution in [0.25, 0.3) is 44.5 Å². The smallest absolute Gasteiger partial charge is 0.317 e. The Morgan fingerprint density at radius 2 is 1.67 bits per heavy atom. The lowest BCUT2D eigenvalue weighted by Crippen LogP contribution is -2.29. The standard InChI is InChI=1S/C28H22ClF3N4/c29-25-22(6-3-7-23(25)28(30,31)32)26-35-24-15-20(19-9-8-17-4-1-2-5-18(17)14-19)16-34-27(24)36(26)21-10-12-33-13-11-21/h1-9,14-16,21,33H,10-13H2. The number of pyridine rings is 1. The van der Waals surface area contributed by atoms with Crippen molar-refractivity contribution in [2.24, 2.45) is 0 Å². The largest absolute Gasteiger partial charge is 0.417 e. The van der Waals surface area contributed by atoms with Gasteiger partial charge in [0.1, 0.15) is 11.3 Å². The quantitative estimate of drug-likeness (QED) is 0.275. The number of piperidine rings is 1. The second-order valence-corrected chi connectivity index (χ2v) is 9.46. The molecule has 1 aliphatic heterocycles. The second kappa shape index (κ2) is 8.91. The van der Waals surface area contributed by atoms with Gasteiger partial charge in [0.15, 0.2) is 5.65 Å². The van der Waals surface area contributed by atoms with E-state index in [1.54, 1.807) is 6.07 Å². The summed E-state index contributed by atoms with van der Waals surface area (Å²) in [7, 11) is 0. The van der Waals surface area contributed by atoms with E-state index in [0.717, 1.165) is 53.9 Å². The molecule has 2 aromatic heterocycles. The maximum atomic E-state index is 13.6. The number of imidazole rings is 1. The minimum Gasteiger partial charge on any atom is -0.317 e. The summed E-state index contributed by atoms with van der Waals surface area (Å²) in [5, 5.41) is 5.26. The lowest BCUT2D eigenvalue weighted by molar-refractivity contribution is -0.137. The van der Waals surface area contributed by atoms with Crippen LogP contribution in [-0.4, -0.2) is 27.6 Å². The highest BCUT2D eigenvalue weighted by Gasteiger charge is 2.35. The van der Waals surface area contributed by atoms with Crippen LogP contribution in [0.3, 0.4) is 0 Å². The minimum atomic E-state index is -4.56. The Morgan fingerprint density at radius 3 is 2.44 bits per heavy atom. The van der Waals surface area contributed by atoms with Crippen molar-refractivity contribution < 1.29 is 13.2 Å². The maximum absolute atomic E-state index is 13.6. The highest BCUT2D eigenvalue weighted by Crippen LogP contribution is 2.41. The summed E-state index contributed by atoms with van der Waals surface area (Å²) in [6.07, 6.45) is -1.10. The molecule has 1 saturated heterocycles. The van der Waals surface area contributed by atoms with Crippen LogP contribution in [0, 0.1) is 0 Å². The average Bonchev–Trinajstić information content (AvgIpc) is 3.27. The van der Waals surface area contributed by atoms with Crippen molar-refractivity contribution in [1.82, 2.24) is 19.9 Å². The Morgan fingerprint density at radius 1 is 0.889 bits per heavy atom. The topological polar surface area (TPSA) is 42.7 Å². The molecule has 1 N–H and O–H groups in total. The molecular weight excluding hydrogens is 485 g/mol. The molecular formula is C28H22ClF3N4. The van der Waals surface area contributed by atoms with E-state index in [0.29, 0.717) is 17.0 Å². The molecule has 3 heterocycles. The van der Waals surface area contributed by atoms with E-state index >= 15 is 0 Å². The molecule has 5 aromatic rings. The van der Waals surface area contributed by atoms with Crippen LogP contribution in [0.5, 0.6) is 0 Å². The highest BCUT2D eigenvalue weighted by atomic mass is 35.5. The summed E-state index contributed by atoms with van der Waals surface area (Å²) >= 11 is 6.34. The van der Waals surface area contributed by atoms with Crippen LogP contribution >= 0.6 is 11.6 Å². The van der Waals surface area contributed by atoms with Crippen molar-refractivity contribution in [2.45, 2.75) is 25.1 Å². The van der Waals surface area contributed by atoms with Gasteiger partial charge in [0.05, 0.1) is 10.6 Å². The molecule has 1 aliphatic rings. The fourth-order valence-electron chi connectivity index (χ4n) is 5.03. The Kier molecular flexibility index (Phi) is 5.69. The van der Waals surface area contributed by atoms with Gasteiger partial charge in [-0.1, -0.05) is 54.1 Å². The summed E-state index contributed by atoms with van der Waals surface area (Å²) in [4.78, 5) is 9.59. The highest BCUT2D eigenvalue weighted by molar-refractivity contribution is 6.34. The van der Waals surface area contributed by atoms with Gasteiger partial charge >= 0.3 is 6.18 Å². The summed E-state index contributed by atoms with van der Waals surface area (Å²) in [5.74, 6) is 0.413. The van der Waals surface area contributed by atoms with E-state index in [2.05, 4.69) is 29.6 Å². The number of hydrogen-bond donors (Lipinski definition) is 1. The molecule has 4 nitrogen and oxygen atoms in total. The molecule has 3 aromatic carbocycles. The first-order valence-corrected chi connectivity index (χ1v) is 12.2. The number of nitrogens with one attached hydrogen (secondary N) is 1. The van der Waals surface area contributed by atoms with Gasteiger partial charge in [-0.05, 0) is 66.5 Å².